The van der Waals surface area contributed by atoms with Crippen LogP contribution in [-0.2, 0) is 5.41 Å². The predicted octanol–water partition coefficient (Wildman–Crippen LogP) is 4.42. The first kappa shape index (κ1) is 10.9. The van der Waals surface area contributed by atoms with Crippen molar-refractivity contribution in [3.05, 3.63) is 34.9 Å². The van der Waals surface area contributed by atoms with Gasteiger partial charge in [-0.05, 0) is 30.5 Å². The molecule has 0 aliphatic heterocycles. The van der Waals surface area contributed by atoms with Crippen LogP contribution in [0.3, 0.4) is 0 Å². The van der Waals surface area contributed by atoms with Gasteiger partial charge in [0.2, 0.25) is 6.43 Å². The van der Waals surface area contributed by atoms with E-state index < -0.39 is 11.8 Å². The average molecular weight is 231 g/mol. The average Bonchev–Trinajstić information content (AvgIpc) is 2.67. The van der Waals surface area contributed by atoms with Gasteiger partial charge in [-0.3, -0.25) is 0 Å². The fourth-order valence-electron chi connectivity index (χ4n) is 2.44. The molecule has 1 aromatic carbocycles. The molecule has 82 valence electrons. The van der Waals surface area contributed by atoms with Gasteiger partial charge < -0.3 is 0 Å². The molecule has 0 nitrogen and oxygen atoms in total. The second kappa shape index (κ2) is 4.09. The summed E-state index contributed by atoms with van der Waals surface area (Å²) < 4.78 is 26.3. The van der Waals surface area contributed by atoms with Gasteiger partial charge in [-0.1, -0.05) is 36.6 Å². The zero-order chi connectivity index (χ0) is 10.9. The molecule has 1 aromatic rings. The number of hydrogen-bond donors (Lipinski definition) is 0. The van der Waals surface area contributed by atoms with Gasteiger partial charge in [-0.15, -0.1) is 0 Å². The first-order valence-corrected chi connectivity index (χ1v) is 5.57. The highest BCUT2D eigenvalue weighted by molar-refractivity contribution is 6.30. The molecular formula is C12H13ClF2. The van der Waals surface area contributed by atoms with E-state index in [1.807, 2.05) is 0 Å². The van der Waals surface area contributed by atoms with Gasteiger partial charge in [0.05, 0.1) is 5.41 Å². The van der Waals surface area contributed by atoms with Gasteiger partial charge in [0.1, 0.15) is 0 Å². The Labute approximate surface area is 93.2 Å². The Hall–Kier alpha value is -0.630. The van der Waals surface area contributed by atoms with E-state index in [4.69, 9.17) is 11.6 Å². The number of hydrogen-bond acceptors (Lipinski definition) is 0. The third kappa shape index (κ3) is 1.87. The molecule has 0 atom stereocenters. The van der Waals surface area contributed by atoms with Crippen LogP contribution < -0.4 is 0 Å². The molecule has 1 aliphatic carbocycles. The second-order valence-electron chi connectivity index (χ2n) is 4.17. The lowest BCUT2D eigenvalue weighted by atomic mass is 9.79. The zero-order valence-electron chi connectivity index (χ0n) is 8.35. The Morgan fingerprint density at radius 1 is 1.20 bits per heavy atom. The topological polar surface area (TPSA) is 0 Å². The van der Waals surface area contributed by atoms with Crippen molar-refractivity contribution in [3.63, 3.8) is 0 Å². The maximum Gasteiger partial charge on any atom is 0.248 e. The van der Waals surface area contributed by atoms with Gasteiger partial charge in [-0.2, -0.15) is 0 Å². The molecule has 0 bridgehead atoms. The quantitative estimate of drug-likeness (QED) is 0.706. The summed E-state index contributed by atoms with van der Waals surface area (Å²) in [7, 11) is 0. The van der Waals surface area contributed by atoms with Crippen LogP contribution in [0.1, 0.15) is 31.2 Å². The molecule has 1 aliphatic rings. The minimum absolute atomic E-state index is 0.541. The van der Waals surface area contributed by atoms with Gasteiger partial charge in [0.15, 0.2) is 0 Å². The van der Waals surface area contributed by atoms with Crippen LogP contribution in [0.15, 0.2) is 24.3 Å². The molecule has 0 N–H and O–H groups in total. The van der Waals surface area contributed by atoms with Crippen LogP contribution in [0.4, 0.5) is 8.78 Å². The summed E-state index contributed by atoms with van der Waals surface area (Å²) >= 11 is 5.85. The summed E-state index contributed by atoms with van der Waals surface area (Å²) in [5, 5.41) is 0.541. The fraction of sp³-hybridized carbons (Fsp3) is 0.500. The molecule has 3 heteroatoms. The second-order valence-corrected chi connectivity index (χ2v) is 4.61. The number of rotatable bonds is 2. The van der Waals surface area contributed by atoms with E-state index in [1.165, 1.54) is 0 Å². The smallest absolute Gasteiger partial charge is 0.210 e. The van der Waals surface area contributed by atoms with Crippen molar-refractivity contribution in [2.24, 2.45) is 0 Å². The Morgan fingerprint density at radius 2 is 1.87 bits per heavy atom. The van der Waals surface area contributed by atoms with Crippen molar-refractivity contribution in [1.82, 2.24) is 0 Å². The summed E-state index contributed by atoms with van der Waals surface area (Å²) in [6, 6.07) is 6.92. The molecule has 0 heterocycles. The van der Waals surface area contributed by atoms with Crippen molar-refractivity contribution < 1.29 is 8.78 Å². The van der Waals surface area contributed by atoms with Gasteiger partial charge in [-0.25, -0.2) is 8.78 Å². The Balaban J connectivity index is 2.41. The zero-order valence-corrected chi connectivity index (χ0v) is 9.11. The normalized spacial score (nSPS) is 19.7. The lowest BCUT2D eigenvalue weighted by Gasteiger charge is -2.28. The minimum Gasteiger partial charge on any atom is -0.210 e. The molecule has 0 unspecified atom stereocenters. The van der Waals surface area contributed by atoms with Crippen molar-refractivity contribution >= 4 is 11.6 Å². The van der Waals surface area contributed by atoms with Crippen molar-refractivity contribution in [2.75, 3.05) is 0 Å². The molecule has 15 heavy (non-hydrogen) atoms. The van der Waals surface area contributed by atoms with Gasteiger partial charge in [0.25, 0.3) is 0 Å². The largest absolute Gasteiger partial charge is 0.248 e. The van der Waals surface area contributed by atoms with E-state index in [0.717, 1.165) is 12.8 Å². The molecule has 0 amide bonds. The lowest BCUT2D eigenvalue weighted by molar-refractivity contribution is 0.0522. The van der Waals surface area contributed by atoms with Gasteiger partial charge >= 0.3 is 0 Å². The SMILES string of the molecule is FC(F)C1(c2cccc(Cl)c2)CCCC1. The first-order valence-electron chi connectivity index (χ1n) is 5.19. The first-order chi connectivity index (χ1) is 7.15. The summed E-state index contributed by atoms with van der Waals surface area (Å²) in [6.45, 7) is 0. The van der Waals surface area contributed by atoms with E-state index >= 15 is 0 Å². The molecular weight excluding hydrogens is 218 g/mol. The summed E-state index contributed by atoms with van der Waals surface area (Å²) in [5.74, 6) is 0. The van der Waals surface area contributed by atoms with Crippen LogP contribution in [0.5, 0.6) is 0 Å². The Bertz CT molecular complexity index is 343. The maximum absolute atomic E-state index is 13.2. The number of alkyl halides is 2. The van der Waals surface area contributed by atoms with Crippen LogP contribution in [-0.4, -0.2) is 6.43 Å². The van der Waals surface area contributed by atoms with Gasteiger partial charge in [0, 0.05) is 5.02 Å². The third-order valence-electron chi connectivity index (χ3n) is 3.31. The number of halogens is 3. The van der Waals surface area contributed by atoms with Crippen molar-refractivity contribution in [2.45, 2.75) is 37.5 Å². The minimum atomic E-state index is -2.29. The standard InChI is InChI=1S/C12H13ClF2/c13-10-5-3-4-9(8-10)12(11(14)15)6-1-2-7-12/h3-5,8,11H,1-2,6-7H2. The predicted molar refractivity (Wildman–Crippen MR) is 57.6 cm³/mol. The van der Waals surface area contributed by atoms with Crippen LogP contribution >= 0.6 is 11.6 Å². The highest BCUT2D eigenvalue weighted by Crippen LogP contribution is 2.45. The Kier molecular flexibility index (Phi) is 2.96. The Morgan fingerprint density at radius 3 is 2.40 bits per heavy atom. The van der Waals surface area contributed by atoms with Crippen LogP contribution in [0.25, 0.3) is 0 Å². The molecule has 2 rings (SSSR count). The van der Waals surface area contributed by atoms with E-state index in [2.05, 4.69) is 0 Å². The highest BCUT2D eigenvalue weighted by Gasteiger charge is 2.43. The lowest BCUT2D eigenvalue weighted by Crippen LogP contribution is -2.31. The fourth-order valence-corrected chi connectivity index (χ4v) is 2.63. The number of benzene rings is 1. The van der Waals surface area contributed by atoms with E-state index in [-0.39, 0.29) is 0 Å². The maximum atomic E-state index is 13.2. The van der Waals surface area contributed by atoms with Crippen LogP contribution in [0.2, 0.25) is 5.02 Å². The van der Waals surface area contributed by atoms with E-state index in [1.54, 1.807) is 24.3 Å². The highest BCUT2D eigenvalue weighted by atomic mass is 35.5. The van der Waals surface area contributed by atoms with Crippen LogP contribution in [0, 0.1) is 0 Å². The van der Waals surface area contributed by atoms with Crippen molar-refractivity contribution in [1.29, 1.82) is 0 Å². The van der Waals surface area contributed by atoms with E-state index in [9.17, 15) is 8.78 Å². The molecule has 1 saturated carbocycles. The van der Waals surface area contributed by atoms with Crippen molar-refractivity contribution in [3.8, 4) is 0 Å². The molecule has 0 spiro atoms. The summed E-state index contributed by atoms with van der Waals surface area (Å²) in [5.41, 5.74) is -0.243. The summed E-state index contributed by atoms with van der Waals surface area (Å²) in [6.07, 6.45) is 0.627. The monoisotopic (exact) mass is 230 g/mol. The molecule has 1 fully saturated rings. The van der Waals surface area contributed by atoms with E-state index in [0.29, 0.717) is 23.4 Å². The third-order valence-corrected chi connectivity index (χ3v) is 3.55. The molecule has 0 aromatic heterocycles. The molecule has 0 saturated heterocycles. The molecule has 0 radical (unpaired) electrons. The summed E-state index contributed by atoms with van der Waals surface area (Å²) in [4.78, 5) is 0.